The van der Waals surface area contributed by atoms with E-state index in [9.17, 15) is 4.79 Å². The number of rotatable bonds is 10. The van der Waals surface area contributed by atoms with Gasteiger partial charge in [-0.15, -0.1) is 0 Å². The maximum Gasteiger partial charge on any atom is 0.272 e. The number of anilines is 1. The summed E-state index contributed by atoms with van der Waals surface area (Å²) >= 11 is 0. The van der Waals surface area contributed by atoms with Crippen molar-refractivity contribution in [3.63, 3.8) is 0 Å². The van der Waals surface area contributed by atoms with Crippen LogP contribution < -0.4 is 5.32 Å². The quantitative estimate of drug-likeness (QED) is 0.664. The van der Waals surface area contributed by atoms with Crippen molar-refractivity contribution in [3.05, 3.63) is 24.0 Å². The van der Waals surface area contributed by atoms with Crippen LogP contribution in [0.4, 0.5) is 5.69 Å². The van der Waals surface area contributed by atoms with Crippen molar-refractivity contribution in [3.8, 4) is 0 Å². The van der Waals surface area contributed by atoms with E-state index in [4.69, 9.17) is 0 Å². The number of unbranched alkanes of at least 4 members (excludes halogenated alkanes) is 2. The Balaban J connectivity index is 2.57. The summed E-state index contributed by atoms with van der Waals surface area (Å²) < 4.78 is 0. The molecule has 1 N–H and O–H groups in total. The third-order valence-corrected chi connectivity index (χ3v) is 3.37. The largest absolute Gasteiger partial charge is 0.384 e. The normalized spacial score (nSPS) is 10.4. The highest BCUT2D eigenvalue weighted by Crippen LogP contribution is 2.09. The van der Waals surface area contributed by atoms with Gasteiger partial charge >= 0.3 is 0 Å². The molecule has 0 fully saturated rings. The molecule has 0 saturated heterocycles. The third kappa shape index (κ3) is 6.15. The van der Waals surface area contributed by atoms with E-state index in [-0.39, 0.29) is 5.91 Å². The fraction of sp³-hybridized carbons (Fsp3) is 0.647. The van der Waals surface area contributed by atoms with Crippen molar-refractivity contribution < 1.29 is 4.79 Å². The molecular weight excluding hydrogens is 262 g/mol. The third-order valence-electron chi connectivity index (χ3n) is 3.37. The zero-order valence-corrected chi connectivity index (χ0v) is 13.7. The van der Waals surface area contributed by atoms with Crippen LogP contribution in [0.1, 0.15) is 63.4 Å². The number of carbonyl (C=O) groups is 1. The molecule has 1 amide bonds. The first kappa shape index (κ1) is 17.5. The molecule has 0 spiro atoms. The lowest BCUT2D eigenvalue weighted by molar-refractivity contribution is 0.0749. The van der Waals surface area contributed by atoms with Gasteiger partial charge in [-0.3, -0.25) is 4.79 Å². The van der Waals surface area contributed by atoms with Crippen LogP contribution >= 0.6 is 0 Å². The maximum atomic E-state index is 12.4. The van der Waals surface area contributed by atoms with Crippen LogP contribution in [0.3, 0.4) is 0 Å². The summed E-state index contributed by atoms with van der Waals surface area (Å²) in [5.41, 5.74) is 1.52. The summed E-state index contributed by atoms with van der Waals surface area (Å²) in [6, 6.07) is 3.77. The second kappa shape index (κ2) is 10.2. The smallest absolute Gasteiger partial charge is 0.272 e. The van der Waals surface area contributed by atoms with Gasteiger partial charge < -0.3 is 10.2 Å². The van der Waals surface area contributed by atoms with Gasteiger partial charge in [0.2, 0.25) is 0 Å². The van der Waals surface area contributed by atoms with E-state index in [1.165, 1.54) is 12.8 Å². The Morgan fingerprint density at radius 3 is 2.33 bits per heavy atom. The second-order valence-corrected chi connectivity index (χ2v) is 5.36. The summed E-state index contributed by atoms with van der Waals surface area (Å²) in [5.74, 6) is 0.0382. The highest BCUT2D eigenvalue weighted by Gasteiger charge is 2.15. The molecule has 118 valence electrons. The zero-order chi connectivity index (χ0) is 15.5. The number of hydrogen-bond acceptors (Lipinski definition) is 3. The number of nitrogens with one attached hydrogen (secondary N) is 1. The van der Waals surface area contributed by atoms with Gasteiger partial charge in [0.25, 0.3) is 5.91 Å². The van der Waals surface area contributed by atoms with Crippen LogP contribution in [-0.2, 0) is 0 Å². The minimum Gasteiger partial charge on any atom is -0.384 e. The molecule has 0 aliphatic rings. The average Bonchev–Trinajstić information content (AvgIpc) is 2.51. The molecule has 4 heteroatoms. The number of aromatic nitrogens is 1. The van der Waals surface area contributed by atoms with Crippen molar-refractivity contribution in [1.29, 1.82) is 0 Å². The fourth-order valence-corrected chi connectivity index (χ4v) is 2.25. The van der Waals surface area contributed by atoms with E-state index in [1.807, 2.05) is 17.0 Å². The van der Waals surface area contributed by atoms with Gasteiger partial charge in [-0.25, -0.2) is 4.98 Å². The average molecular weight is 291 g/mol. The minimum atomic E-state index is 0.0382. The number of nitrogens with zero attached hydrogens (tertiary/aromatic N) is 2. The van der Waals surface area contributed by atoms with Crippen LogP contribution in [0.15, 0.2) is 18.3 Å². The molecule has 1 aromatic heterocycles. The molecule has 0 aliphatic heterocycles. The summed E-state index contributed by atoms with van der Waals surface area (Å²) in [4.78, 5) is 18.6. The van der Waals surface area contributed by atoms with Crippen molar-refractivity contribution in [2.45, 2.75) is 52.9 Å². The van der Waals surface area contributed by atoms with E-state index in [0.717, 1.165) is 44.6 Å². The zero-order valence-electron chi connectivity index (χ0n) is 13.7. The molecule has 0 unspecified atom stereocenters. The molecule has 0 aliphatic carbocycles. The molecule has 4 nitrogen and oxygen atoms in total. The molecular formula is C17H29N3O. The number of amides is 1. The summed E-state index contributed by atoms with van der Waals surface area (Å²) in [6.45, 7) is 8.93. The monoisotopic (exact) mass is 291 g/mol. The number of hydrogen-bond donors (Lipinski definition) is 1. The first-order valence-corrected chi connectivity index (χ1v) is 8.22. The Labute approximate surface area is 129 Å². The molecule has 1 heterocycles. The Bertz CT molecular complexity index is 397. The van der Waals surface area contributed by atoms with Crippen molar-refractivity contribution >= 4 is 11.6 Å². The lowest BCUT2D eigenvalue weighted by Crippen LogP contribution is -2.33. The van der Waals surface area contributed by atoms with Crippen LogP contribution in [0.25, 0.3) is 0 Å². The fourth-order valence-electron chi connectivity index (χ4n) is 2.25. The van der Waals surface area contributed by atoms with Crippen LogP contribution in [-0.4, -0.2) is 35.4 Å². The van der Waals surface area contributed by atoms with Crippen molar-refractivity contribution in [2.75, 3.05) is 25.0 Å². The van der Waals surface area contributed by atoms with Gasteiger partial charge in [-0.2, -0.15) is 0 Å². The molecule has 0 aromatic carbocycles. The Kier molecular flexibility index (Phi) is 8.48. The van der Waals surface area contributed by atoms with Crippen LogP contribution in [0.5, 0.6) is 0 Å². The first-order valence-electron chi connectivity index (χ1n) is 8.22. The van der Waals surface area contributed by atoms with E-state index < -0.39 is 0 Å². The van der Waals surface area contributed by atoms with Crippen LogP contribution in [0, 0.1) is 0 Å². The maximum absolute atomic E-state index is 12.4. The van der Waals surface area contributed by atoms with E-state index in [2.05, 4.69) is 31.1 Å². The van der Waals surface area contributed by atoms with E-state index in [1.54, 1.807) is 6.20 Å². The molecule has 0 bridgehead atoms. The first-order chi connectivity index (χ1) is 10.2. The minimum absolute atomic E-state index is 0.0382. The van der Waals surface area contributed by atoms with Gasteiger partial charge in [0.15, 0.2) is 0 Å². The van der Waals surface area contributed by atoms with Crippen LogP contribution in [0.2, 0.25) is 0 Å². The summed E-state index contributed by atoms with van der Waals surface area (Å²) in [6.07, 6.45) is 7.33. The Morgan fingerprint density at radius 2 is 1.81 bits per heavy atom. The number of pyridine rings is 1. The summed E-state index contributed by atoms with van der Waals surface area (Å²) in [5, 5.41) is 3.34. The SMILES string of the molecule is CCCCCNc1ccc(C(=O)N(CCC)CCC)nc1. The standard InChI is InChI=1S/C17H29N3O/c1-4-7-8-11-18-15-9-10-16(19-14-15)17(21)20(12-5-2)13-6-3/h9-10,14,18H,4-8,11-13H2,1-3H3. The van der Waals surface area contributed by atoms with E-state index >= 15 is 0 Å². The van der Waals surface area contributed by atoms with Gasteiger partial charge in [0.1, 0.15) is 5.69 Å². The highest BCUT2D eigenvalue weighted by molar-refractivity contribution is 5.92. The Morgan fingerprint density at radius 1 is 1.10 bits per heavy atom. The van der Waals surface area contributed by atoms with Crippen molar-refractivity contribution in [1.82, 2.24) is 9.88 Å². The Hall–Kier alpha value is -1.58. The van der Waals surface area contributed by atoms with Gasteiger partial charge in [0.05, 0.1) is 11.9 Å². The van der Waals surface area contributed by atoms with Gasteiger partial charge in [0, 0.05) is 19.6 Å². The van der Waals surface area contributed by atoms with Gasteiger partial charge in [-0.1, -0.05) is 33.6 Å². The predicted molar refractivity (Wildman–Crippen MR) is 88.7 cm³/mol. The number of carbonyl (C=O) groups excluding carboxylic acids is 1. The predicted octanol–water partition coefficient (Wildman–Crippen LogP) is 3.95. The topological polar surface area (TPSA) is 45.2 Å². The molecule has 21 heavy (non-hydrogen) atoms. The molecule has 0 radical (unpaired) electrons. The molecule has 0 saturated carbocycles. The van der Waals surface area contributed by atoms with E-state index in [0.29, 0.717) is 5.69 Å². The van der Waals surface area contributed by atoms with Gasteiger partial charge in [-0.05, 0) is 31.4 Å². The molecule has 1 rings (SSSR count). The highest BCUT2D eigenvalue weighted by atomic mass is 16.2. The molecule has 0 atom stereocenters. The van der Waals surface area contributed by atoms with Crippen molar-refractivity contribution in [2.24, 2.45) is 0 Å². The molecule has 1 aromatic rings. The second-order valence-electron chi connectivity index (χ2n) is 5.36. The lowest BCUT2D eigenvalue weighted by atomic mass is 10.2. The lowest BCUT2D eigenvalue weighted by Gasteiger charge is -2.21. The summed E-state index contributed by atoms with van der Waals surface area (Å²) in [7, 11) is 0.